The number of carboxylic acids is 1. The third-order valence-corrected chi connectivity index (χ3v) is 3.87. The number of hydrogen-bond donors (Lipinski definition) is 1. The molecule has 0 aliphatic carbocycles. The van der Waals surface area contributed by atoms with Crippen molar-refractivity contribution in [1.29, 1.82) is 0 Å². The van der Waals surface area contributed by atoms with Crippen molar-refractivity contribution < 1.29 is 14.8 Å². The Bertz CT molecular complexity index is 408. The van der Waals surface area contributed by atoms with Gasteiger partial charge < -0.3 is 19.7 Å². The lowest BCUT2D eigenvalue weighted by Crippen LogP contribution is -3.10. The minimum Gasteiger partial charge on any atom is -0.545 e. The van der Waals surface area contributed by atoms with Gasteiger partial charge in [0, 0.05) is 31.6 Å². The average Bonchev–Trinajstić information content (AvgIpc) is 2.39. The van der Waals surface area contributed by atoms with Gasteiger partial charge in [-0.3, -0.25) is 0 Å². The minimum atomic E-state index is -1.12. The molecule has 2 rings (SSSR count). The van der Waals surface area contributed by atoms with Crippen LogP contribution in [-0.2, 0) is 0 Å². The van der Waals surface area contributed by atoms with Crippen molar-refractivity contribution in [1.82, 2.24) is 0 Å². The number of nitrogens with zero attached hydrogens (tertiary/aromatic N) is 1. The molecule has 1 N–H and O–H groups in total. The average molecular weight is 248 g/mol. The van der Waals surface area contributed by atoms with E-state index in [-0.39, 0.29) is 5.56 Å². The van der Waals surface area contributed by atoms with E-state index in [2.05, 4.69) is 19.0 Å². The van der Waals surface area contributed by atoms with Crippen LogP contribution in [0.4, 0.5) is 5.69 Å². The quantitative estimate of drug-likeness (QED) is 0.759. The van der Waals surface area contributed by atoms with E-state index in [0.717, 1.165) is 5.69 Å². The van der Waals surface area contributed by atoms with Crippen LogP contribution in [0.3, 0.4) is 0 Å². The van der Waals surface area contributed by atoms with Crippen LogP contribution in [0.1, 0.15) is 23.2 Å². The van der Waals surface area contributed by atoms with Gasteiger partial charge in [0.25, 0.3) is 0 Å². The molecule has 1 heterocycles. The van der Waals surface area contributed by atoms with Crippen molar-refractivity contribution in [2.75, 3.05) is 32.1 Å². The van der Waals surface area contributed by atoms with E-state index in [0.29, 0.717) is 6.04 Å². The maximum atomic E-state index is 10.7. The Morgan fingerprint density at radius 3 is 2.33 bits per heavy atom. The van der Waals surface area contributed by atoms with Gasteiger partial charge in [-0.15, -0.1) is 0 Å². The molecule has 4 heteroatoms. The number of carbonyl (C=O) groups excluding carboxylic acids is 1. The second-order valence-electron chi connectivity index (χ2n) is 5.13. The highest BCUT2D eigenvalue weighted by Crippen LogP contribution is 2.19. The molecule has 1 aliphatic heterocycles. The highest BCUT2D eigenvalue weighted by atomic mass is 16.4. The molecule has 0 atom stereocenters. The van der Waals surface area contributed by atoms with Crippen molar-refractivity contribution in [3.63, 3.8) is 0 Å². The molecule has 0 radical (unpaired) electrons. The predicted octanol–water partition coefficient (Wildman–Crippen LogP) is -0.837. The number of quaternary nitrogens is 1. The summed E-state index contributed by atoms with van der Waals surface area (Å²) in [5.74, 6) is -1.12. The molecule has 0 saturated carbocycles. The Balaban J connectivity index is 2.04. The molecule has 0 spiro atoms. The van der Waals surface area contributed by atoms with E-state index in [4.69, 9.17) is 0 Å². The fourth-order valence-electron chi connectivity index (χ4n) is 2.53. The SMILES string of the molecule is CN(c1ccc(C(=O)[O-])cc1)C1CC[NH+](C)CC1. The molecular formula is C14H20N2O2. The summed E-state index contributed by atoms with van der Waals surface area (Å²) in [6.45, 7) is 2.40. The van der Waals surface area contributed by atoms with Crippen LogP contribution >= 0.6 is 0 Å². The van der Waals surface area contributed by atoms with Crippen LogP contribution in [0.2, 0.25) is 0 Å². The lowest BCUT2D eigenvalue weighted by atomic mass is 10.0. The minimum absolute atomic E-state index is 0.236. The van der Waals surface area contributed by atoms with Crippen LogP contribution in [-0.4, -0.2) is 39.2 Å². The van der Waals surface area contributed by atoms with Crippen molar-refractivity contribution in [2.24, 2.45) is 0 Å². The summed E-state index contributed by atoms with van der Waals surface area (Å²) >= 11 is 0. The Morgan fingerprint density at radius 1 is 1.28 bits per heavy atom. The molecule has 0 bridgehead atoms. The zero-order valence-corrected chi connectivity index (χ0v) is 11.0. The van der Waals surface area contributed by atoms with E-state index in [1.807, 2.05) is 12.1 Å². The molecule has 1 aromatic rings. The first-order valence-corrected chi connectivity index (χ1v) is 6.43. The Labute approximate surface area is 108 Å². The fourth-order valence-corrected chi connectivity index (χ4v) is 2.53. The first-order chi connectivity index (χ1) is 8.58. The summed E-state index contributed by atoms with van der Waals surface area (Å²) in [6, 6.07) is 7.50. The summed E-state index contributed by atoms with van der Waals surface area (Å²) < 4.78 is 0. The van der Waals surface area contributed by atoms with E-state index < -0.39 is 5.97 Å². The van der Waals surface area contributed by atoms with E-state index >= 15 is 0 Å². The largest absolute Gasteiger partial charge is 0.545 e. The monoisotopic (exact) mass is 248 g/mol. The second-order valence-corrected chi connectivity index (χ2v) is 5.13. The van der Waals surface area contributed by atoms with Crippen LogP contribution in [0.15, 0.2) is 24.3 Å². The van der Waals surface area contributed by atoms with Gasteiger partial charge in [0.1, 0.15) is 0 Å². The lowest BCUT2D eigenvalue weighted by molar-refractivity contribution is -0.884. The van der Waals surface area contributed by atoms with Crippen LogP contribution in [0.25, 0.3) is 0 Å². The molecule has 0 amide bonds. The summed E-state index contributed by atoms with van der Waals surface area (Å²) in [4.78, 5) is 14.5. The maximum Gasteiger partial charge on any atom is 0.0788 e. The lowest BCUT2D eigenvalue weighted by Gasteiger charge is -2.34. The number of likely N-dealkylation sites (tertiary alicyclic amines) is 1. The highest BCUT2D eigenvalue weighted by Gasteiger charge is 2.22. The Morgan fingerprint density at radius 2 is 1.83 bits per heavy atom. The fraction of sp³-hybridized carbons (Fsp3) is 0.500. The molecular weight excluding hydrogens is 228 g/mol. The molecule has 1 fully saturated rings. The molecule has 1 saturated heterocycles. The summed E-state index contributed by atoms with van der Waals surface area (Å²) in [5.41, 5.74) is 1.31. The predicted molar refractivity (Wildman–Crippen MR) is 68.8 cm³/mol. The van der Waals surface area contributed by atoms with Gasteiger partial charge in [0.2, 0.25) is 0 Å². The van der Waals surface area contributed by atoms with Crippen molar-refractivity contribution in [3.05, 3.63) is 29.8 Å². The molecule has 0 aromatic heterocycles. The number of nitrogens with one attached hydrogen (secondary N) is 1. The number of hydrogen-bond acceptors (Lipinski definition) is 3. The standard InChI is InChI=1S/C14H20N2O2/c1-15-9-7-13(8-10-15)16(2)12-5-3-11(4-6-12)14(17)18/h3-6,13H,7-10H2,1-2H3,(H,17,18). The van der Waals surface area contributed by atoms with Gasteiger partial charge in [-0.05, 0) is 17.7 Å². The molecule has 0 unspecified atom stereocenters. The first-order valence-electron chi connectivity index (χ1n) is 6.43. The number of piperidine rings is 1. The second kappa shape index (κ2) is 5.40. The van der Waals surface area contributed by atoms with E-state index in [1.165, 1.54) is 25.9 Å². The number of carbonyl (C=O) groups is 1. The molecule has 4 nitrogen and oxygen atoms in total. The van der Waals surface area contributed by atoms with E-state index in [9.17, 15) is 9.90 Å². The third-order valence-electron chi connectivity index (χ3n) is 3.87. The van der Waals surface area contributed by atoms with Gasteiger partial charge >= 0.3 is 0 Å². The number of aromatic carboxylic acids is 1. The molecule has 1 aromatic carbocycles. The normalized spacial score (nSPS) is 23.7. The van der Waals surface area contributed by atoms with Crippen molar-refractivity contribution >= 4 is 11.7 Å². The Kier molecular flexibility index (Phi) is 3.87. The van der Waals surface area contributed by atoms with Crippen molar-refractivity contribution in [3.8, 4) is 0 Å². The zero-order valence-electron chi connectivity index (χ0n) is 11.0. The highest BCUT2D eigenvalue weighted by molar-refractivity contribution is 5.86. The van der Waals surface area contributed by atoms with Gasteiger partial charge in [-0.25, -0.2) is 0 Å². The third kappa shape index (κ3) is 2.82. The summed E-state index contributed by atoms with van der Waals surface area (Å²) in [6.07, 6.45) is 2.37. The topological polar surface area (TPSA) is 47.8 Å². The molecule has 1 aliphatic rings. The van der Waals surface area contributed by atoms with Gasteiger partial charge in [0.05, 0.1) is 26.1 Å². The first kappa shape index (κ1) is 12.9. The summed E-state index contributed by atoms with van der Waals surface area (Å²) in [5, 5.41) is 10.7. The smallest absolute Gasteiger partial charge is 0.0788 e. The van der Waals surface area contributed by atoms with Crippen molar-refractivity contribution in [2.45, 2.75) is 18.9 Å². The number of anilines is 1. The van der Waals surface area contributed by atoms with Crippen LogP contribution in [0.5, 0.6) is 0 Å². The van der Waals surface area contributed by atoms with Crippen LogP contribution < -0.4 is 14.9 Å². The van der Waals surface area contributed by atoms with E-state index in [1.54, 1.807) is 17.0 Å². The van der Waals surface area contributed by atoms with Gasteiger partial charge in [-0.2, -0.15) is 0 Å². The number of rotatable bonds is 3. The zero-order chi connectivity index (χ0) is 13.1. The maximum absolute atomic E-state index is 10.7. The van der Waals surface area contributed by atoms with Gasteiger partial charge in [0.15, 0.2) is 0 Å². The molecule has 18 heavy (non-hydrogen) atoms. The number of carboxylic acid groups (broad SMARTS) is 1. The number of benzene rings is 1. The van der Waals surface area contributed by atoms with Crippen LogP contribution in [0, 0.1) is 0 Å². The molecule has 98 valence electrons. The summed E-state index contributed by atoms with van der Waals surface area (Å²) in [7, 11) is 4.31. The Hall–Kier alpha value is -1.55. The van der Waals surface area contributed by atoms with Gasteiger partial charge in [-0.1, -0.05) is 12.1 Å².